The first-order valence-corrected chi connectivity index (χ1v) is 17.8. The van der Waals surface area contributed by atoms with E-state index in [-0.39, 0.29) is 57.3 Å². The van der Waals surface area contributed by atoms with Crippen LogP contribution in [0.4, 0.5) is 0 Å². The fourth-order valence-electron chi connectivity index (χ4n) is 5.10. The molecule has 0 aliphatic heterocycles. The number of nitrogens with one attached hydrogen (secondary N) is 4. The van der Waals surface area contributed by atoms with Crippen LogP contribution in [-0.4, -0.2) is 49.3 Å². The van der Waals surface area contributed by atoms with Gasteiger partial charge in [-0.15, -0.1) is 0 Å². The molecule has 0 aromatic carbocycles. The standard InChI is InChI=1S/2C21H26N2O2.2Cu/c2*24-20-12-6-4-10-18(20)16-22-14-8-2-1-3-9-15-23-17-19-11-5-7-13-21(19)25;;/h2*4-7,10-13,16-17,22-23H,1-3,8-9,14-15H2;;. The third-order valence-corrected chi connectivity index (χ3v) is 7.99. The van der Waals surface area contributed by atoms with Crippen molar-refractivity contribution >= 4 is 23.1 Å². The van der Waals surface area contributed by atoms with Gasteiger partial charge in [0.05, 0.1) is 0 Å². The van der Waals surface area contributed by atoms with Gasteiger partial charge in [-0.3, -0.25) is 19.2 Å². The summed E-state index contributed by atoms with van der Waals surface area (Å²) < 4.78 is 0. The molecule has 4 aliphatic rings. The molecule has 0 saturated carbocycles. The summed E-state index contributed by atoms with van der Waals surface area (Å²) in [5, 5.41) is 12.8. The maximum absolute atomic E-state index is 11.5. The van der Waals surface area contributed by atoms with Gasteiger partial charge >= 0.3 is 0 Å². The van der Waals surface area contributed by atoms with Crippen LogP contribution in [-0.2, 0) is 53.3 Å². The molecule has 2 radical (unpaired) electrons. The first kappa shape index (κ1) is 45.8. The molecule has 0 atom stereocenters. The summed E-state index contributed by atoms with van der Waals surface area (Å²) in [6, 6.07) is 0. The smallest absolute Gasteiger partial charge is 0.187 e. The van der Waals surface area contributed by atoms with Gasteiger partial charge < -0.3 is 21.3 Å². The minimum atomic E-state index is 0. The quantitative estimate of drug-likeness (QED) is 0.0624. The van der Waals surface area contributed by atoms with Crippen molar-refractivity contribution in [2.24, 2.45) is 0 Å². The van der Waals surface area contributed by atoms with Gasteiger partial charge in [0.25, 0.3) is 0 Å². The third kappa shape index (κ3) is 20.0. The number of hydrogen-bond acceptors (Lipinski definition) is 8. The second-order valence-electron chi connectivity index (χ2n) is 12.1. The SMILES string of the molecule is O=C1C=CC=CC1=CNCCCCCCCNC=C1C=CC=CC1=O.O=C1C=CC=CC1=CNCCCCCCCNC=C1C=CC=CC1=O.[Cu].[Cu]. The molecule has 0 heterocycles. The molecule has 4 rings (SSSR count). The van der Waals surface area contributed by atoms with Crippen molar-refractivity contribution < 1.29 is 53.3 Å². The van der Waals surface area contributed by atoms with Crippen LogP contribution in [0.15, 0.2) is 144 Å². The summed E-state index contributed by atoms with van der Waals surface area (Å²) in [5.74, 6) is 0.218. The molecule has 0 aromatic heterocycles. The van der Waals surface area contributed by atoms with Gasteiger partial charge in [0.15, 0.2) is 23.1 Å². The molecule has 0 saturated heterocycles. The Labute approximate surface area is 330 Å². The van der Waals surface area contributed by atoms with Gasteiger partial charge in [0, 0.05) is 107 Å². The number of carbonyl (C=O) groups excluding carboxylic acids is 4. The third-order valence-electron chi connectivity index (χ3n) is 7.99. The number of allylic oxidation sites excluding steroid dienone is 20. The molecule has 0 bridgehead atoms. The molecule has 4 aliphatic carbocycles. The summed E-state index contributed by atoms with van der Waals surface area (Å²) in [4.78, 5) is 46.1. The summed E-state index contributed by atoms with van der Waals surface area (Å²) in [5.41, 5.74) is 2.85. The number of ketones is 4. The van der Waals surface area contributed by atoms with Crippen molar-refractivity contribution in [3.05, 3.63) is 144 Å². The zero-order valence-electron chi connectivity index (χ0n) is 29.7. The molecule has 0 spiro atoms. The zero-order valence-corrected chi connectivity index (χ0v) is 31.6. The molecule has 8 nitrogen and oxygen atoms in total. The van der Waals surface area contributed by atoms with Crippen LogP contribution in [0.5, 0.6) is 0 Å². The summed E-state index contributed by atoms with van der Waals surface area (Å²) in [7, 11) is 0. The molecule has 0 unspecified atom stereocenters. The number of carbonyl (C=O) groups is 4. The van der Waals surface area contributed by atoms with Crippen molar-refractivity contribution in [1.29, 1.82) is 0 Å². The Bertz CT molecular complexity index is 1310. The number of rotatable bonds is 20. The molecule has 4 N–H and O–H groups in total. The van der Waals surface area contributed by atoms with Crippen molar-refractivity contribution in [3.63, 3.8) is 0 Å². The second-order valence-corrected chi connectivity index (χ2v) is 12.1. The van der Waals surface area contributed by atoms with Crippen LogP contribution in [0, 0.1) is 0 Å². The predicted molar refractivity (Wildman–Crippen MR) is 204 cm³/mol. The summed E-state index contributed by atoms with van der Waals surface area (Å²) in [6.07, 6.45) is 46.8. The first-order valence-electron chi connectivity index (χ1n) is 17.8. The van der Waals surface area contributed by atoms with E-state index >= 15 is 0 Å². The van der Waals surface area contributed by atoms with Gasteiger partial charge in [0.1, 0.15) is 0 Å². The van der Waals surface area contributed by atoms with Crippen LogP contribution >= 0.6 is 0 Å². The maximum atomic E-state index is 11.5. The Morgan fingerprint density at radius 3 is 0.712 bits per heavy atom. The van der Waals surface area contributed by atoms with E-state index in [2.05, 4.69) is 21.3 Å². The van der Waals surface area contributed by atoms with E-state index in [4.69, 9.17) is 0 Å². The topological polar surface area (TPSA) is 116 Å². The van der Waals surface area contributed by atoms with E-state index in [0.29, 0.717) is 22.3 Å². The summed E-state index contributed by atoms with van der Waals surface area (Å²) in [6.45, 7) is 3.56. The fourth-order valence-corrected chi connectivity index (χ4v) is 5.10. The monoisotopic (exact) mass is 802 g/mol. The molecule has 52 heavy (non-hydrogen) atoms. The van der Waals surface area contributed by atoms with Crippen molar-refractivity contribution in [3.8, 4) is 0 Å². The van der Waals surface area contributed by atoms with Crippen LogP contribution in [0.1, 0.15) is 64.2 Å². The fraction of sp³-hybridized carbons (Fsp3) is 0.333. The van der Waals surface area contributed by atoms with E-state index in [1.54, 1.807) is 73.4 Å². The van der Waals surface area contributed by atoms with E-state index in [1.807, 2.05) is 48.6 Å². The second kappa shape index (κ2) is 29.4. The number of unbranched alkanes of at least 4 members (excludes halogenated alkanes) is 8. The Kier molecular flexibility index (Phi) is 25.9. The Morgan fingerprint density at radius 2 is 0.500 bits per heavy atom. The van der Waals surface area contributed by atoms with E-state index in [9.17, 15) is 19.2 Å². The van der Waals surface area contributed by atoms with E-state index in [0.717, 1.165) is 51.9 Å². The van der Waals surface area contributed by atoms with E-state index in [1.165, 1.54) is 38.5 Å². The zero-order chi connectivity index (χ0) is 35.5. The molecule has 0 aromatic rings. The van der Waals surface area contributed by atoms with Crippen LogP contribution in [0.3, 0.4) is 0 Å². The average molecular weight is 804 g/mol. The maximum Gasteiger partial charge on any atom is 0.187 e. The van der Waals surface area contributed by atoms with Gasteiger partial charge in [-0.25, -0.2) is 0 Å². The Morgan fingerprint density at radius 1 is 0.308 bits per heavy atom. The van der Waals surface area contributed by atoms with Gasteiger partial charge in [0.2, 0.25) is 0 Å². The van der Waals surface area contributed by atoms with Crippen molar-refractivity contribution in [1.82, 2.24) is 21.3 Å². The van der Waals surface area contributed by atoms with Gasteiger partial charge in [-0.1, -0.05) is 87.1 Å². The van der Waals surface area contributed by atoms with Crippen molar-refractivity contribution in [2.75, 3.05) is 26.2 Å². The van der Waals surface area contributed by atoms with Crippen LogP contribution in [0.2, 0.25) is 0 Å². The normalized spacial score (nSPS) is 18.5. The molecular weight excluding hydrogens is 752 g/mol. The summed E-state index contributed by atoms with van der Waals surface area (Å²) >= 11 is 0. The Hall–Kier alpha value is -4.20. The minimum absolute atomic E-state index is 0. The van der Waals surface area contributed by atoms with Crippen LogP contribution < -0.4 is 21.3 Å². The molecule has 0 amide bonds. The van der Waals surface area contributed by atoms with E-state index < -0.39 is 0 Å². The average Bonchev–Trinajstić information content (AvgIpc) is 3.12. The molecule has 0 fully saturated rings. The molecule has 286 valence electrons. The van der Waals surface area contributed by atoms with Crippen molar-refractivity contribution in [2.45, 2.75) is 64.2 Å². The van der Waals surface area contributed by atoms with Crippen LogP contribution in [0.25, 0.3) is 0 Å². The predicted octanol–water partition coefficient (Wildman–Crippen LogP) is 6.54. The Balaban J connectivity index is 0.000000501. The number of hydrogen-bond donors (Lipinski definition) is 4. The largest absolute Gasteiger partial charge is 0.390 e. The molecule has 10 heteroatoms. The van der Waals surface area contributed by atoms with Gasteiger partial charge in [-0.05, 0) is 74.3 Å². The molecular formula is C42H52Cu2N4O4. The first-order chi connectivity index (χ1) is 24.5. The van der Waals surface area contributed by atoms with Gasteiger partial charge in [-0.2, -0.15) is 0 Å². The minimum Gasteiger partial charge on any atom is -0.390 e.